The Morgan fingerprint density at radius 1 is 1.42 bits per heavy atom. The van der Waals surface area contributed by atoms with E-state index in [1.54, 1.807) is 0 Å². The second-order valence-electron chi connectivity index (χ2n) is 3.16. The summed E-state index contributed by atoms with van der Waals surface area (Å²) in [5.74, 6) is 1.41. The van der Waals surface area contributed by atoms with Crippen molar-refractivity contribution in [2.45, 2.75) is 47.0 Å². The van der Waals surface area contributed by atoms with Crippen LogP contribution in [0.5, 0.6) is 0 Å². The van der Waals surface area contributed by atoms with Crippen LogP contribution >= 0.6 is 0 Å². The van der Waals surface area contributed by atoms with Crippen LogP contribution in [-0.2, 0) is 0 Å². The third kappa shape index (κ3) is 3.56. The van der Waals surface area contributed by atoms with Crippen LogP contribution in [0.15, 0.2) is 10.8 Å². The molecule has 0 saturated heterocycles. The summed E-state index contributed by atoms with van der Waals surface area (Å²) in [6, 6.07) is 0. The lowest BCUT2D eigenvalue weighted by Crippen LogP contribution is -1.88. The van der Waals surface area contributed by atoms with E-state index < -0.39 is 0 Å². The van der Waals surface area contributed by atoms with Gasteiger partial charge in [0.15, 0.2) is 6.39 Å². The van der Waals surface area contributed by atoms with Gasteiger partial charge in [-0.25, -0.2) is 4.98 Å². The molecule has 0 aliphatic heterocycles. The second-order valence-corrected chi connectivity index (χ2v) is 3.16. The monoisotopic (exact) mass is 169 g/mol. The lowest BCUT2D eigenvalue weighted by molar-refractivity contribution is 0.523. The van der Waals surface area contributed by atoms with Crippen LogP contribution in [0.25, 0.3) is 0 Å². The highest BCUT2D eigenvalue weighted by Gasteiger charge is 2.05. The zero-order chi connectivity index (χ0) is 9.56. The molecule has 0 aliphatic rings. The molecule has 1 rings (SSSR count). The fourth-order valence-corrected chi connectivity index (χ4v) is 0.869. The molecule has 70 valence electrons. The zero-order valence-corrected chi connectivity index (χ0v) is 8.72. The molecule has 2 heteroatoms. The maximum absolute atomic E-state index is 5.01. The first kappa shape index (κ1) is 11.2. The predicted molar refractivity (Wildman–Crippen MR) is 51.3 cm³/mol. The fourth-order valence-electron chi connectivity index (χ4n) is 0.869. The molecule has 0 N–H and O–H groups in total. The largest absolute Gasteiger partial charge is 0.449 e. The third-order valence-corrected chi connectivity index (χ3v) is 1.33. The summed E-state index contributed by atoms with van der Waals surface area (Å²) in [7, 11) is 0. The molecule has 0 unspecified atom stereocenters. The first-order valence-electron chi connectivity index (χ1n) is 4.53. The number of hydrogen-bond acceptors (Lipinski definition) is 2. The Balaban J connectivity index is 0.000000354. The molecule has 0 spiro atoms. The Hall–Kier alpha value is -0.790. The molecule has 0 bridgehead atoms. The van der Waals surface area contributed by atoms with E-state index in [0.29, 0.717) is 5.92 Å². The maximum Gasteiger partial charge on any atom is 0.181 e. The quantitative estimate of drug-likeness (QED) is 0.642. The minimum absolute atomic E-state index is 0.476. The third-order valence-electron chi connectivity index (χ3n) is 1.33. The van der Waals surface area contributed by atoms with Crippen LogP contribution in [-0.4, -0.2) is 4.98 Å². The van der Waals surface area contributed by atoms with Crippen LogP contribution in [0.2, 0.25) is 0 Å². The van der Waals surface area contributed by atoms with Gasteiger partial charge in [-0.3, -0.25) is 0 Å². The van der Waals surface area contributed by atoms with Gasteiger partial charge in [-0.2, -0.15) is 0 Å². The van der Waals surface area contributed by atoms with Crippen LogP contribution in [0.1, 0.15) is 51.5 Å². The molecule has 0 amide bonds. The van der Waals surface area contributed by atoms with Crippen molar-refractivity contribution >= 4 is 0 Å². The molecule has 1 aromatic heterocycles. The first-order valence-corrected chi connectivity index (χ1v) is 4.53. The van der Waals surface area contributed by atoms with E-state index in [0.717, 1.165) is 11.5 Å². The summed E-state index contributed by atoms with van der Waals surface area (Å²) in [6.45, 7) is 10.4. The highest BCUT2D eigenvalue weighted by molar-refractivity contribution is 5.08. The fraction of sp³-hybridized carbons (Fsp3) is 0.700. The summed E-state index contributed by atoms with van der Waals surface area (Å²) >= 11 is 0. The van der Waals surface area contributed by atoms with Crippen molar-refractivity contribution in [2.75, 3.05) is 0 Å². The molecular formula is C10H19NO. The van der Waals surface area contributed by atoms with Crippen molar-refractivity contribution in [3.05, 3.63) is 17.8 Å². The van der Waals surface area contributed by atoms with Crippen LogP contribution < -0.4 is 0 Å². The average molecular weight is 169 g/mol. The summed E-state index contributed by atoms with van der Waals surface area (Å²) in [5, 5.41) is 0. The van der Waals surface area contributed by atoms with E-state index in [-0.39, 0.29) is 0 Å². The van der Waals surface area contributed by atoms with E-state index in [2.05, 4.69) is 32.7 Å². The minimum atomic E-state index is 0.476. The Kier molecular flexibility index (Phi) is 5.43. The lowest BCUT2D eigenvalue weighted by atomic mass is 10.1. The first-order chi connectivity index (χ1) is 5.63. The van der Waals surface area contributed by atoms with Crippen molar-refractivity contribution < 1.29 is 4.42 Å². The van der Waals surface area contributed by atoms with Gasteiger partial charge in [-0.05, 0) is 12.8 Å². The Labute approximate surface area is 75.0 Å². The van der Waals surface area contributed by atoms with Gasteiger partial charge in [0, 0.05) is 0 Å². The Morgan fingerprint density at radius 3 is 2.08 bits per heavy atom. The molecule has 0 fully saturated rings. The van der Waals surface area contributed by atoms with E-state index >= 15 is 0 Å². The Morgan fingerprint density at radius 2 is 1.92 bits per heavy atom. The molecule has 1 heterocycles. The molecule has 0 saturated carbocycles. The van der Waals surface area contributed by atoms with Crippen LogP contribution in [0.4, 0.5) is 0 Å². The van der Waals surface area contributed by atoms with E-state index in [1.807, 2.05) is 6.92 Å². The van der Waals surface area contributed by atoms with E-state index in [1.165, 1.54) is 12.8 Å². The predicted octanol–water partition coefficient (Wildman–Crippen LogP) is 3.52. The SMILES string of the molecule is CCC.Cc1ocnc1C(C)C. The molecule has 12 heavy (non-hydrogen) atoms. The van der Waals surface area contributed by atoms with Crippen molar-refractivity contribution in [3.63, 3.8) is 0 Å². The smallest absolute Gasteiger partial charge is 0.181 e. The molecule has 0 aliphatic carbocycles. The number of rotatable bonds is 1. The zero-order valence-electron chi connectivity index (χ0n) is 8.72. The number of hydrogen-bond donors (Lipinski definition) is 0. The topological polar surface area (TPSA) is 26.0 Å². The lowest BCUT2D eigenvalue weighted by Gasteiger charge is -1.97. The van der Waals surface area contributed by atoms with Gasteiger partial charge < -0.3 is 4.42 Å². The van der Waals surface area contributed by atoms with Gasteiger partial charge in [0.25, 0.3) is 0 Å². The number of aromatic nitrogens is 1. The van der Waals surface area contributed by atoms with Gasteiger partial charge in [0.05, 0.1) is 5.69 Å². The number of aryl methyl sites for hydroxylation is 1. The van der Waals surface area contributed by atoms with Gasteiger partial charge in [-0.15, -0.1) is 0 Å². The van der Waals surface area contributed by atoms with Gasteiger partial charge in [0.1, 0.15) is 5.76 Å². The summed E-state index contributed by atoms with van der Waals surface area (Å²) in [6.07, 6.45) is 2.74. The summed E-state index contributed by atoms with van der Waals surface area (Å²) in [4.78, 5) is 4.05. The summed E-state index contributed by atoms with van der Waals surface area (Å²) < 4.78 is 5.01. The summed E-state index contributed by atoms with van der Waals surface area (Å²) in [5.41, 5.74) is 1.06. The standard InChI is InChI=1S/C7H11NO.C3H8/c1-5(2)7-6(3)9-4-8-7;1-3-2/h4-5H,1-3H3;3H2,1-2H3. The number of nitrogens with zero attached hydrogens (tertiary/aromatic N) is 1. The molecule has 2 nitrogen and oxygen atoms in total. The minimum Gasteiger partial charge on any atom is -0.449 e. The van der Waals surface area contributed by atoms with Crippen molar-refractivity contribution in [1.29, 1.82) is 0 Å². The highest BCUT2D eigenvalue weighted by atomic mass is 16.3. The van der Waals surface area contributed by atoms with E-state index in [4.69, 9.17) is 4.42 Å². The maximum atomic E-state index is 5.01. The van der Waals surface area contributed by atoms with Gasteiger partial charge in [0.2, 0.25) is 0 Å². The van der Waals surface area contributed by atoms with Crippen LogP contribution in [0.3, 0.4) is 0 Å². The second kappa shape index (κ2) is 5.81. The van der Waals surface area contributed by atoms with Crippen LogP contribution in [0, 0.1) is 6.92 Å². The van der Waals surface area contributed by atoms with Gasteiger partial charge in [-0.1, -0.05) is 34.1 Å². The van der Waals surface area contributed by atoms with Gasteiger partial charge >= 0.3 is 0 Å². The van der Waals surface area contributed by atoms with E-state index in [9.17, 15) is 0 Å². The molecule has 0 aromatic carbocycles. The van der Waals surface area contributed by atoms with Crippen molar-refractivity contribution in [2.24, 2.45) is 0 Å². The average Bonchev–Trinajstić information content (AvgIpc) is 2.36. The number of oxazole rings is 1. The highest BCUT2D eigenvalue weighted by Crippen LogP contribution is 2.15. The van der Waals surface area contributed by atoms with Crippen molar-refractivity contribution in [1.82, 2.24) is 4.98 Å². The molecule has 0 atom stereocenters. The van der Waals surface area contributed by atoms with Crippen molar-refractivity contribution in [3.8, 4) is 0 Å². The molecular weight excluding hydrogens is 150 g/mol. The normalized spacial score (nSPS) is 9.50. The molecule has 1 aromatic rings. The Bertz CT molecular complexity index is 203. The molecule has 0 radical (unpaired) electrons.